The molecule has 0 saturated heterocycles. The fourth-order valence-electron chi connectivity index (χ4n) is 3.12. The van der Waals surface area contributed by atoms with Crippen LogP contribution in [0, 0.1) is 12.8 Å². The summed E-state index contributed by atoms with van der Waals surface area (Å²) < 4.78 is 0. The van der Waals surface area contributed by atoms with Crippen molar-refractivity contribution in [2.75, 3.05) is 25.5 Å². The molecule has 1 aromatic rings. The number of carbonyl (C=O) groups excluding carboxylic acids is 1. The summed E-state index contributed by atoms with van der Waals surface area (Å²) in [4.78, 5) is 18.9. The van der Waals surface area contributed by atoms with E-state index in [-0.39, 0.29) is 5.91 Å². The Morgan fingerprint density at radius 2 is 2.05 bits per heavy atom. The maximum absolute atomic E-state index is 12.6. The highest BCUT2D eigenvalue weighted by molar-refractivity contribution is 5.94. The van der Waals surface area contributed by atoms with E-state index in [1.807, 2.05) is 37.9 Å². The first-order valence-electron chi connectivity index (χ1n) is 8.08. The number of hydrogen-bond donors (Lipinski definition) is 1. The average molecular weight is 289 g/mol. The maximum Gasteiger partial charge on any atom is 0.253 e. The van der Waals surface area contributed by atoms with E-state index >= 15 is 0 Å². The molecule has 116 valence electrons. The fraction of sp³-hybridized carbons (Fsp3) is 0.647. The van der Waals surface area contributed by atoms with Crippen molar-refractivity contribution < 1.29 is 4.79 Å². The Labute approximate surface area is 127 Å². The van der Waals surface area contributed by atoms with Crippen LogP contribution in [0.4, 0.5) is 5.82 Å². The van der Waals surface area contributed by atoms with Crippen LogP contribution in [0.5, 0.6) is 0 Å². The third-order valence-corrected chi connectivity index (χ3v) is 4.16. The first-order chi connectivity index (χ1) is 10.1. The molecule has 0 atom stereocenters. The fourth-order valence-corrected chi connectivity index (χ4v) is 3.12. The summed E-state index contributed by atoms with van der Waals surface area (Å²) >= 11 is 0. The first kappa shape index (κ1) is 15.8. The Morgan fingerprint density at radius 3 is 2.71 bits per heavy atom. The van der Waals surface area contributed by atoms with Gasteiger partial charge in [-0.3, -0.25) is 4.79 Å². The number of aromatic nitrogens is 1. The largest absolute Gasteiger partial charge is 0.370 e. The molecule has 1 fully saturated rings. The molecule has 1 heterocycles. The molecule has 1 amide bonds. The third-order valence-electron chi connectivity index (χ3n) is 4.16. The van der Waals surface area contributed by atoms with E-state index in [0.29, 0.717) is 5.92 Å². The van der Waals surface area contributed by atoms with Crippen LogP contribution < -0.4 is 5.32 Å². The van der Waals surface area contributed by atoms with E-state index in [0.717, 1.165) is 30.2 Å². The molecule has 0 bridgehead atoms. The minimum absolute atomic E-state index is 0.102. The predicted molar refractivity (Wildman–Crippen MR) is 86.7 cm³/mol. The van der Waals surface area contributed by atoms with Gasteiger partial charge in [-0.15, -0.1) is 0 Å². The summed E-state index contributed by atoms with van der Waals surface area (Å²) in [6.07, 6.45) is 6.49. The van der Waals surface area contributed by atoms with E-state index in [1.165, 1.54) is 32.1 Å². The molecule has 1 saturated carbocycles. The molecule has 1 aromatic heterocycles. The van der Waals surface area contributed by atoms with Crippen LogP contribution in [-0.4, -0.2) is 35.9 Å². The Bertz CT molecular complexity index is 481. The Kier molecular flexibility index (Phi) is 5.59. The van der Waals surface area contributed by atoms with E-state index < -0.39 is 0 Å². The normalized spacial score (nSPS) is 15.8. The molecule has 0 aromatic carbocycles. The number of nitrogens with one attached hydrogen (secondary N) is 1. The highest BCUT2D eigenvalue weighted by atomic mass is 16.2. The average Bonchev–Trinajstić information content (AvgIpc) is 2.47. The molecule has 1 aliphatic rings. The van der Waals surface area contributed by atoms with E-state index in [9.17, 15) is 4.79 Å². The van der Waals surface area contributed by atoms with E-state index in [1.54, 1.807) is 0 Å². The van der Waals surface area contributed by atoms with Crippen LogP contribution in [0.3, 0.4) is 0 Å². The van der Waals surface area contributed by atoms with Crippen molar-refractivity contribution in [3.63, 3.8) is 0 Å². The minimum Gasteiger partial charge on any atom is -0.370 e. The van der Waals surface area contributed by atoms with Crippen LogP contribution in [0.1, 0.15) is 55.1 Å². The number of hydrogen-bond acceptors (Lipinski definition) is 3. The third kappa shape index (κ3) is 4.45. The van der Waals surface area contributed by atoms with Gasteiger partial charge in [-0.05, 0) is 44.7 Å². The molecule has 0 radical (unpaired) electrons. The van der Waals surface area contributed by atoms with Gasteiger partial charge < -0.3 is 10.2 Å². The zero-order chi connectivity index (χ0) is 15.2. The molecular formula is C17H27N3O. The van der Waals surface area contributed by atoms with Crippen LogP contribution >= 0.6 is 0 Å². The van der Waals surface area contributed by atoms with Gasteiger partial charge in [-0.1, -0.05) is 19.3 Å². The maximum atomic E-state index is 12.6. The van der Waals surface area contributed by atoms with E-state index in [2.05, 4.69) is 10.3 Å². The summed E-state index contributed by atoms with van der Waals surface area (Å²) in [7, 11) is 1.92. The van der Waals surface area contributed by atoms with Crippen LogP contribution in [0.15, 0.2) is 12.1 Å². The molecule has 4 heteroatoms. The van der Waals surface area contributed by atoms with Crippen molar-refractivity contribution in [1.29, 1.82) is 0 Å². The summed E-state index contributed by atoms with van der Waals surface area (Å²) in [5.74, 6) is 1.56. The van der Waals surface area contributed by atoms with Gasteiger partial charge in [0.1, 0.15) is 5.82 Å². The molecule has 21 heavy (non-hydrogen) atoms. The molecule has 0 unspecified atom stereocenters. The van der Waals surface area contributed by atoms with Gasteiger partial charge in [0.05, 0.1) is 0 Å². The van der Waals surface area contributed by atoms with Gasteiger partial charge in [0.15, 0.2) is 0 Å². The van der Waals surface area contributed by atoms with Crippen LogP contribution in [0.25, 0.3) is 0 Å². The molecule has 4 nitrogen and oxygen atoms in total. The van der Waals surface area contributed by atoms with Gasteiger partial charge in [0, 0.05) is 31.4 Å². The van der Waals surface area contributed by atoms with Gasteiger partial charge >= 0.3 is 0 Å². The second-order valence-corrected chi connectivity index (χ2v) is 6.10. The smallest absolute Gasteiger partial charge is 0.253 e. The minimum atomic E-state index is 0.102. The van der Waals surface area contributed by atoms with Gasteiger partial charge in [0.25, 0.3) is 5.91 Å². The van der Waals surface area contributed by atoms with Gasteiger partial charge in [-0.25, -0.2) is 4.98 Å². The number of aryl methyl sites for hydroxylation is 1. The zero-order valence-corrected chi connectivity index (χ0v) is 13.5. The Morgan fingerprint density at radius 1 is 1.33 bits per heavy atom. The van der Waals surface area contributed by atoms with E-state index in [4.69, 9.17) is 0 Å². The summed E-state index contributed by atoms with van der Waals surface area (Å²) in [6, 6.07) is 3.73. The van der Waals surface area contributed by atoms with Crippen molar-refractivity contribution in [2.24, 2.45) is 5.92 Å². The predicted octanol–water partition coefficient (Wildman–Crippen LogP) is 3.47. The number of pyridine rings is 1. The lowest BCUT2D eigenvalue weighted by Gasteiger charge is -2.27. The molecular weight excluding hydrogens is 262 g/mol. The monoisotopic (exact) mass is 289 g/mol. The second kappa shape index (κ2) is 7.43. The summed E-state index contributed by atoms with van der Waals surface area (Å²) in [5, 5.41) is 3.18. The van der Waals surface area contributed by atoms with Gasteiger partial charge in [-0.2, -0.15) is 0 Å². The summed E-state index contributed by atoms with van der Waals surface area (Å²) in [5.41, 5.74) is 1.61. The molecule has 1 aliphatic carbocycles. The molecule has 2 rings (SSSR count). The van der Waals surface area contributed by atoms with Crippen LogP contribution in [-0.2, 0) is 0 Å². The van der Waals surface area contributed by atoms with Gasteiger partial charge in [0.2, 0.25) is 0 Å². The number of anilines is 1. The lowest BCUT2D eigenvalue weighted by Crippen LogP contribution is -2.32. The second-order valence-electron chi connectivity index (χ2n) is 6.10. The number of rotatable bonds is 5. The number of carbonyl (C=O) groups is 1. The lowest BCUT2D eigenvalue weighted by molar-refractivity contribution is 0.0760. The zero-order valence-electron chi connectivity index (χ0n) is 13.5. The quantitative estimate of drug-likeness (QED) is 0.902. The van der Waals surface area contributed by atoms with Crippen molar-refractivity contribution in [2.45, 2.75) is 46.0 Å². The van der Waals surface area contributed by atoms with Crippen LogP contribution in [0.2, 0.25) is 0 Å². The first-order valence-corrected chi connectivity index (χ1v) is 8.08. The highest BCUT2D eigenvalue weighted by Gasteiger charge is 2.19. The number of nitrogens with zero attached hydrogens (tertiary/aromatic N) is 2. The highest BCUT2D eigenvalue weighted by Crippen LogP contribution is 2.24. The SMILES string of the molecule is CCNc1cc(C(=O)N(C)CC2CCCCC2)cc(C)n1. The molecule has 0 spiro atoms. The van der Waals surface area contributed by atoms with Crippen molar-refractivity contribution in [3.05, 3.63) is 23.4 Å². The standard InChI is InChI=1S/C17H27N3O/c1-4-18-16-11-15(10-13(2)19-16)17(21)20(3)12-14-8-6-5-7-9-14/h10-11,14H,4-9,12H2,1-3H3,(H,18,19). The summed E-state index contributed by atoms with van der Waals surface area (Å²) in [6.45, 7) is 5.64. The topological polar surface area (TPSA) is 45.2 Å². The molecule has 1 N–H and O–H groups in total. The number of amides is 1. The Balaban J connectivity index is 2.03. The molecule has 0 aliphatic heterocycles. The van der Waals surface area contributed by atoms with Crippen molar-refractivity contribution in [1.82, 2.24) is 9.88 Å². The lowest BCUT2D eigenvalue weighted by atomic mass is 9.89. The Hall–Kier alpha value is -1.58. The van der Waals surface area contributed by atoms with Crippen molar-refractivity contribution >= 4 is 11.7 Å². The van der Waals surface area contributed by atoms with Crippen molar-refractivity contribution in [3.8, 4) is 0 Å².